The normalized spacial score (nSPS) is 10.2. The van der Waals surface area contributed by atoms with Crippen LogP contribution in [0.3, 0.4) is 0 Å². The molecule has 4 rings (SSSR count). The minimum atomic E-state index is 0.635. The maximum atomic E-state index is 5.48. The zero-order chi connectivity index (χ0) is 16.2. The van der Waals surface area contributed by atoms with Gasteiger partial charge in [-0.15, -0.1) is 0 Å². The van der Waals surface area contributed by atoms with Crippen molar-refractivity contribution in [3.63, 3.8) is 0 Å². The predicted octanol–water partition coefficient (Wildman–Crippen LogP) is 5.38. The van der Waals surface area contributed by atoms with E-state index in [-0.39, 0.29) is 0 Å². The molecule has 0 aromatic carbocycles. The van der Waals surface area contributed by atoms with Crippen LogP contribution in [-0.2, 0) is 0 Å². The third-order valence-electron chi connectivity index (χ3n) is 3.38. The molecule has 4 nitrogen and oxygen atoms in total. The summed E-state index contributed by atoms with van der Waals surface area (Å²) in [5.41, 5.74) is 7.55. The van der Waals surface area contributed by atoms with E-state index < -0.39 is 0 Å². The van der Waals surface area contributed by atoms with Gasteiger partial charge in [0.15, 0.2) is 0 Å². The lowest BCUT2D eigenvalue weighted by molar-refractivity contribution is 0.529. The Morgan fingerprint density at radius 2 is 0.792 bits per heavy atom. The fourth-order valence-electron chi connectivity index (χ4n) is 2.30. The molecule has 0 fully saturated rings. The molecule has 4 heteroatoms. The van der Waals surface area contributed by atoms with Gasteiger partial charge in [-0.25, -0.2) is 0 Å². The Morgan fingerprint density at radius 1 is 0.500 bits per heavy atom. The summed E-state index contributed by atoms with van der Waals surface area (Å²) in [6.07, 6.45) is 6.40. The largest absolute Gasteiger partial charge is 0.464 e. The third kappa shape index (κ3) is 2.71. The number of hydrogen-bond donors (Lipinski definition) is 0. The molecule has 116 valence electrons. The maximum Gasteiger partial charge on any atom is 0.146 e. The molecule has 0 saturated carbocycles. The van der Waals surface area contributed by atoms with Crippen LogP contribution in [0.4, 0.5) is 0 Å². The highest BCUT2D eigenvalue weighted by molar-refractivity contribution is 5.77. The SMILES string of the molecule is C(=C=C(c1ccco1)c1ccco1)=C(c1ccco1)c1ccco1. The van der Waals surface area contributed by atoms with Crippen molar-refractivity contribution < 1.29 is 17.7 Å². The van der Waals surface area contributed by atoms with E-state index in [2.05, 4.69) is 11.5 Å². The molecule has 0 aliphatic carbocycles. The summed E-state index contributed by atoms with van der Waals surface area (Å²) >= 11 is 0. The smallest absolute Gasteiger partial charge is 0.146 e. The van der Waals surface area contributed by atoms with Gasteiger partial charge in [-0.05, 0) is 48.5 Å². The van der Waals surface area contributed by atoms with Crippen LogP contribution in [0.5, 0.6) is 0 Å². The molecule has 0 bridgehead atoms. The van der Waals surface area contributed by atoms with Gasteiger partial charge in [0.2, 0.25) is 0 Å². The van der Waals surface area contributed by atoms with Gasteiger partial charge < -0.3 is 17.7 Å². The van der Waals surface area contributed by atoms with Crippen LogP contribution >= 0.6 is 0 Å². The van der Waals surface area contributed by atoms with Gasteiger partial charge in [-0.2, -0.15) is 0 Å². The summed E-state index contributed by atoms with van der Waals surface area (Å²) in [7, 11) is 0. The van der Waals surface area contributed by atoms with Gasteiger partial charge in [-0.3, -0.25) is 0 Å². The molecular formula is C20H12O4. The molecule has 4 aromatic heterocycles. The molecule has 0 N–H and O–H groups in total. The first-order valence-electron chi connectivity index (χ1n) is 7.33. The van der Waals surface area contributed by atoms with Crippen LogP contribution in [-0.4, -0.2) is 0 Å². The zero-order valence-corrected chi connectivity index (χ0v) is 12.6. The second kappa shape index (κ2) is 6.27. The second-order valence-electron chi connectivity index (χ2n) is 4.91. The van der Waals surface area contributed by atoms with Crippen molar-refractivity contribution in [2.45, 2.75) is 0 Å². The fourth-order valence-corrected chi connectivity index (χ4v) is 2.30. The molecule has 24 heavy (non-hydrogen) atoms. The van der Waals surface area contributed by atoms with Crippen molar-refractivity contribution >= 4 is 11.1 Å². The number of rotatable bonds is 4. The average molecular weight is 316 g/mol. The number of furan rings is 4. The Hall–Kier alpha value is -3.58. The first-order valence-corrected chi connectivity index (χ1v) is 7.33. The molecule has 0 unspecified atom stereocenters. The first kappa shape index (κ1) is 14.0. The van der Waals surface area contributed by atoms with Crippen molar-refractivity contribution in [2.75, 3.05) is 0 Å². The van der Waals surface area contributed by atoms with E-state index >= 15 is 0 Å². The highest BCUT2D eigenvalue weighted by Gasteiger charge is 2.12. The lowest BCUT2D eigenvalue weighted by atomic mass is 10.1. The summed E-state index contributed by atoms with van der Waals surface area (Å²) in [6, 6.07) is 14.6. The van der Waals surface area contributed by atoms with Crippen molar-refractivity contribution in [3.05, 3.63) is 108 Å². The van der Waals surface area contributed by atoms with Crippen LogP contribution in [0.25, 0.3) is 11.1 Å². The van der Waals surface area contributed by atoms with Crippen molar-refractivity contribution in [1.82, 2.24) is 0 Å². The summed E-state index contributed by atoms with van der Waals surface area (Å²) in [6.45, 7) is 0. The van der Waals surface area contributed by atoms with Gasteiger partial charge in [-0.1, -0.05) is 11.5 Å². The Kier molecular flexibility index (Phi) is 3.67. The Bertz CT molecular complexity index is 829. The predicted molar refractivity (Wildman–Crippen MR) is 86.9 cm³/mol. The molecule has 0 aliphatic heterocycles. The topological polar surface area (TPSA) is 52.6 Å². The van der Waals surface area contributed by atoms with Crippen molar-refractivity contribution in [2.24, 2.45) is 0 Å². The summed E-state index contributed by atoms with van der Waals surface area (Å²) in [5.74, 6) is 2.54. The molecular weight excluding hydrogens is 304 g/mol. The van der Waals surface area contributed by atoms with E-state index in [1.807, 2.05) is 48.5 Å². The molecule has 0 radical (unpaired) electrons. The average Bonchev–Trinajstić information content (AvgIpc) is 3.42. The standard InChI is InChI=1S/C20H12O4/c1-5-17(21-11-1)15(18-6-2-12-22-18)9-10-16(19-7-3-13-23-19)20-8-4-14-24-20/h1-8,11-14H. The van der Waals surface area contributed by atoms with Gasteiger partial charge in [0, 0.05) is 0 Å². The van der Waals surface area contributed by atoms with Crippen LogP contribution in [0, 0.1) is 0 Å². The first-order chi connectivity index (χ1) is 11.9. The Balaban J connectivity index is 1.97. The molecule has 4 heterocycles. The highest BCUT2D eigenvalue weighted by atomic mass is 16.3. The fraction of sp³-hybridized carbons (Fsp3) is 0. The van der Waals surface area contributed by atoms with Crippen molar-refractivity contribution in [3.8, 4) is 0 Å². The van der Waals surface area contributed by atoms with Crippen molar-refractivity contribution in [1.29, 1.82) is 0 Å². The van der Waals surface area contributed by atoms with E-state index in [1.54, 1.807) is 25.1 Å². The van der Waals surface area contributed by atoms with E-state index in [4.69, 9.17) is 17.7 Å². The molecule has 0 atom stereocenters. The molecule has 0 aliphatic rings. The summed E-state index contributed by atoms with van der Waals surface area (Å²) < 4.78 is 21.9. The second-order valence-corrected chi connectivity index (χ2v) is 4.91. The molecule has 0 amide bonds. The molecule has 0 saturated heterocycles. The monoisotopic (exact) mass is 316 g/mol. The van der Waals surface area contributed by atoms with E-state index in [0.717, 1.165) is 0 Å². The van der Waals surface area contributed by atoms with Crippen LogP contribution in [0.2, 0.25) is 0 Å². The van der Waals surface area contributed by atoms with Crippen LogP contribution in [0.15, 0.2) is 103 Å². The van der Waals surface area contributed by atoms with Crippen LogP contribution < -0.4 is 0 Å². The Morgan fingerprint density at radius 3 is 1.00 bits per heavy atom. The highest BCUT2D eigenvalue weighted by Crippen LogP contribution is 2.25. The molecule has 0 spiro atoms. The maximum absolute atomic E-state index is 5.48. The summed E-state index contributed by atoms with van der Waals surface area (Å²) in [4.78, 5) is 0. The van der Waals surface area contributed by atoms with E-state index in [1.165, 1.54) is 0 Å². The quantitative estimate of drug-likeness (QED) is 0.474. The van der Waals surface area contributed by atoms with Crippen LogP contribution in [0.1, 0.15) is 23.0 Å². The summed E-state index contributed by atoms with van der Waals surface area (Å²) in [5, 5.41) is 0. The minimum Gasteiger partial charge on any atom is -0.464 e. The molecule has 4 aromatic rings. The lowest BCUT2D eigenvalue weighted by Crippen LogP contribution is -1.82. The minimum absolute atomic E-state index is 0.635. The Labute approximate surface area is 137 Å². The van der Waals surface area contributed by atoms with Gasteiger partial charge in [0.25, 0.3) is 0 Å². The van der Waals surface area contributed by atoms with E-state index in [0.29, 0.717) is 34.2 Å². The van der Waals surface area contributed by atoms with Gasteiger partial charge in [0.1, 0.15) is 34.2 Å². The zero-order valence-electron chi connectivity index (χ0n) is 12.6. The van der Waals surface area contributed by atoms with E-state index in [9.17, 15) is 0 Å². The lowest BCUT2D eigenvalue weighted by Gasteiger charge is -1.97. The number of hydrogen-bond acceptors (Lipinski definition) is 4. The third-order valence-corrected chi connectivity index (χ3v) is 3.38. The van der Waals surface area contributed by atoms with Gasteiger partial charge >= 0.3 is 0 Å². The van der Waals surface area contributed by atoms with Gasteiger partial charge in [0.05, 0.1) is 25.1 Å².